The molecule has 39 heavy (non-hydrogen) atoms. The summed E-state index contributed by atoms with van der Waals surface area (Å²) in [7, 11) is -3.40. The molecule has 0 unspecified atom stereocenters. The van der Waals surface area contributed by atoms with Crippen molar-refractivity contribution in [1.29, 1.82) is 0 Å². The Morgan fingerprint density at radius 3 is 0.923 bits per heavy atom. The fourth-order valence-electron chi connectivity index (χ4n) is 3.44. The maximum atomic E-state index is 12.6. The first-order valence-corrected chi connectivity index (χ1v) is 15.4. The van der Waals surface area contributed by atoms with Crippen molar-refractivity contribution in [2.24, 2.45) is 0 Å². The Bertz CT molecular complexity index is 722. The van der Waals surface area contributed by atoms with Gasteiger partial charge in [-0.05, 0) is 48.2 Å². The van der Waals surface area contributed by atoms with Crippen molar-refractivity contribution in [2.75, 3.05) is 0 Å². The molecule has 0 amide bonds. The quantitative estimate of drug-likeness (QED) is 0.221. The second-order valence-corrected chi connectivity index (χ2v) is 10.1. The van der Waals surface area contributed by atoms with E-state index in [1.807, 2.05) is 52.0 Å². The molecule has 1 aliphatic carbocycles. The van der Waals surface area contributed by atoms with E-state index in [4.69, 9.17) is 0 Å². The summed E-state index contributed by atoms with van der Waals surface area (Å²) in [4.78, 5) is 0.733. The molecule has 0 spiro atoms. The maximum absolute atomic E-state index is 12.6. The van der Waals surface area contributed by atoms with Crippen molar-refractivity contribution < 1.29 is 73.8 Å². The van der Waals surface area contributed by atoms with E-state index in [-0.39, 0.29) is 88.7 Å². The summed E-state index contributed by atoms with van der Waals surface area (Å²) in [6.07, 6.45) is 14.3. The number of rotatable bonds is 6. The SMILES string of the molecule is C1CCCCC1.CC.CC.CCC.CCCc1ccc(S(=O)(=O)c2ccc(CCC)cc2)cc1.[B].[CH3-].[CH3-].[Y].[Y]. The van der Waals surface area contributed by atoms with Gasteiger partial charge >= 0.3 is 0 Å². The molecule has 0 bridgehead atoms. The van der Waals surface area contributed by atoms with Crippen molar-refractivity contribution in [3.63, 3.8) is 0 Å². The van der Waals surface area contributed by atoms with Crippen molar-refractivity contribution in [1.82, 2.24) is 0 Å². The van der Waals surface area contributed by atoms with Crippen LogP contribution in [0.4, 0.5) is 0 Å². The van der Waals surface area contributed by atoms with E-state index in [1.165, 1.54) is 56.1 Å². The molecule has 1 aliphatic rings. The fraction of sp³-hybridized carbons (Fsp3) is 0.576. The summed E-state index contributed by atoms with van der Waals surface area (Å²) < 4.78 is 25.1. The Morgan fingerprint density at radius 2 is 0.744 bits per heavy atom. The minimum atomic E-state index is -3.40. The molecular weight excluding hydrogens is 649 g/mol. The van der Waals surface area contributed by atoms with Crippen molar-refractivity contribution in [2.45, 2.75) is 136 Å². The van der Waals surface area contributed by atoms with Crippen LogP contribution in [0.5, 0.6) is 0 Å². The topological polar surface area (TPSA) is 34.1 Å². The van der Waals surface area contributed by atoms with Gasteiger partial charge in [0.25, 0.3) is 0 Å². The molecule has 0 atom stereocenters. The standard InChI is InChI=1S/C18H22O2S.C6H12.C3H8.2C2H6.2CH3.B.2Y/c1-3-5-15-7-11-17(12-8-15)21(19,20)18-13-9-16(6-4-2)10-14-18;1-2-4-6-5-3-1;1-3-2;2*1-2;;;;;/h7-14H,3-6H2,1-2H3;1-6H2;3H2,1-2H3;2*1-2H3;2*1H3;;;/q;;;;;2*-1;;;. The van der Waals surface area contributed by atoms with Crippen molar-refractivity contribution in [3.05, 3.63) is 74.5 Å². The number of aryl methyl sites for hydroxylation is 2. The molecule has 0 aliphatic heterocycles. The van der Waals surface area contributed by atoms with Crippen LogP contribution in [0.25, 0.3) is 0 Å². The Hall–Kier alpha value is 0.663. The van der Waals surface area contributed by atoms with Gasteiger partial charge < -0.3 is 14.9 Å². The minimum absolute atomic E-state index is 0. The molecule has 0 heterocycles. The Labute approximate surface area is 299 Å². The molecule has 2 nitrogen and oxygen atoms in total. The molecule has 2 aromatic rings. The zero-order valence-electron chi connectivity index (χ0n) is 27.4. The van der Waals surface area contributed by atoms with E-state index in [0.717, 1.165) is 25.7 Å². The molecule has 221 valence electrons. The molecule has 6 heteroatoms. The van der Waals surface area contributed by atoms with Gasteiger partial charge in [0.1, 0.15) is 0 Å². The van der Waals surface area contributed by atoms with Crippen LogP contribution in [0.1, 0.15) is 124 Å². The molecule has 0 saturated heterocycles. The van der Waals surface area contributed by atoms with E-state index in [9.17, 15) is 8.42 Å². The van der Waals surface area contributed by atoms with E-state index < -0.39 is 9.84 Å². The summed E-state index contributed by atoms with van der Waals surface area (Å²) in [6.45, 7) is 16.5. The number of benzene rings is 2. The van der Waals surface area contributed by atoms with Crippen molar-refractivity contribution in [3.8, 4) is 0 Å². The summed E-state index contributed by atoms with van der Waals surface area (Å²) in [5, 5.41) is 0. The van der Waals surface area contributed by atoms with E-state index in [2.05, 4.69) is 27.7 Å². The van der Waals surface area contributed by atoms with Crippen LogP contribution in [-0.2, 0) is 88.1 Å². The van der Waals surface area contributed by atoms with Gasteiger partial charge in [-0.3, -0.25) is 0 Å². The third-order valence-corrected chi connectivity index (χ3v) is 6.83. The summed E-state index contributed by atoms with van der Waals surface area (Å²) in [6, 6.07) is 14.5. The first-order chi connectivity index (χ1) is 16.5. The van der Waals surface area contributed by atoms with Gasteiger partial charge in [-0.2, -0.15) is 0 Å². The first kappa shape index (κ1) is 55.6. The molecule has 0 aromatic heterocycles. The van der Waals surface area contributed by atoms with E-state index in [0.29, 0.717) is 9.79 Å². The predicted molar refractivity (Wildman–Crippen MR) is 171 cm³/mol. The van der Waals surface area contributed by atoms with Crippen LogP contribution < -0.4 is 0 Å². The second kappa shape index (κ2) is 38.7. The maximum Gasteiger partial charge on any atom is 0.206 e. The molecule has 0 N–H and O–H groups in total. The third-order valence-electron chi connectivity index (χ3n) is 5.04. The minimum Gasteiger partial charge on any atom is -0.358 e. The van der Waals surface area contributed by atoms with Crippen LogP contribution in [0, 0.1) is 14.9 Å². The zero-order chi connectivity index (χ0) is 26.2. The Kier molecular flexibility index (Phi) is 55.1. The number of hydrogen-bond acceptors (Lipinski definition) is 2. The molecule has 2 aromatic carbocycles. The smallest absolute Gasteiger partial charge is 0.206 e. The average molecular weight is 710 g/mol. The molecule has 1 saturated carbocycles. The number of hydrogen-bond donors (Lipinski definition) is 0. The van der Waals surface area contributed by atoms with Gasteiger partial charge in [0.15, 0.2) is 0 Å². The van der Waals surface area contributed by atoms with E-state index >= 15 is 0 Å². The van der Waals surface area contributed by atoms with Crippen LogP contribution in [0.15, 0.2) is 58.3 Å². The number of sulfone groups is 1. The summed E-state index contributed by atoms with van der Waals surface area (Å²) >= 11 is 0. The largest absolute Gasteiger partial charge is 0.358 e. The monoisotopic (exact) mass is 709 g/mol. The molecule has 3 rings (SSSR count). The van der Waals surface area contributed by atoms with Crippen LogP contribution >= 0.6 is 0 Å². The Morgan fingerprint density at radius 1 is 0.538 bits per heavy atom. The predicted octanol–water partition coefficient (Wildman–Crippen LogP) is 10.7. The zero-order valence-corrected chi connectivity index (χ0v) is 33.8. The van der Waals surface area contributed by atoms with Crippen LogP contribution in [0.2, 0.25) is 0 Å². The molecule has 5 radical (unpaired) electrons. The molecule has 1 fully saturated rings. The average Bonchev–Trinajstić information content (AvgIpc) is 2.89. The second-order valence-electron chi connectivity index (χ2n) is 8.12. The molecular formula is C33H60BO2SY2-2. The van der Waals surface area contributed by atoms with Gasteiger partial charge in [0, 0.05) is 73.8 Å². The summed E-state index contributed by atoms with van der Waals surface area (Å²) in [5.41, 5.74) is 2.35. The van der Waals surface area contributed by atoms with Gasteiger partial charge in [-0.1, -0.05) is 137 Å². The first-order valence-electron chi connectivity index (χ1n) is 13.9. The summed E-state index contributed by atoms with van der Waals surface area (Å²) in [5.74, 6) is 0. The third kappa shape index (κ3) is 26.1. The fourth-order valence-corrected chi connectivity index (χ4v) is 4.71. The van der Waals surface area contributed by atoms with Crippen molar-refractivity contribution >= 4 is 18.3 Å². The van der Waals surface area contributed by atoms with Gasteiger partial charge in [0.05, 0.1) is 9.79 Å². The van der Waals surface area contributed by atoms with Crippen LogP contribution in [-0.4, -0.2) is 16.8 Å². The van der Waals surface area contributed by atoms with Gasteiger partial charge in [-0.25, -0.2) is 8.42 Å². The van der Waals surface area contributed by atoms with E-state index in [1.54, 1.807) is 24.3 Å². The van der Waals surface area contributed by atoms with Crippen LogP contribution in [0.3, 0.4) is 0 Å². The van der Waals surface area contributed by atoms with Gasteiger partial charge in [-0.15, -0.1) is 0 Å². The Balaban J connectivity index is -0.0000000969. The normalized spacial score (nSPS) is 10.7. The van der Waals surface area contributed by atoms with Gasteiger partial charge in [0.2, 0.25) is 9.84 Å².